The highest BCUT2D eigenvalue weighted by Gasteiger charge is 2.23. The molecule has 0 spiro atoms. The van der Waals surface area contributed by atoms with Crippen molar-refractivity contribution in [1.29, 1.82) is 0 Å². The molecule has 0 unspecified atom stereocenters. The van der Waals surface area contributed by atoms with Crippen LogP contribution >= 0.6 is 0 Å². The summed E-state index contributed by atoms with van der Waals surface area (Å²) in [5.41, 5.74) is 5.53. The molecule has 180 valence electrons. The average molecular weight is 462 g/mol. The number of likely N-dealkylation sites (tertiary alicyclic amines) is 1. The molecule has 0 bridgehead atoms. The Morgan fingerprint density at radius 3 is 2.53 bits per heavy atom. The number of hydrogen-bond acceptors (Lipinski definition) is 4. The molecule has 6 heteroatoms. The van der Waals surface area contributed by atoms with Crippen LogP contribution in [0.4, 0.5) is 5.69 Å². The molecule has 1 amide bonds. The number of aliphatic hydroxyl groups is 1. The number of hydrogen-bond donors (Lipinski definition) is 1. The van der Waals surface area contributed by atoms with Crippen molar-refractivity contribution in [3.8, 4) is 0 Å². The molecule has 0 atom stereocenters. The standard InChI is InChI=1S/C28H35N3O3/c1-5-31-26-9-7-22(28(34)30(4)23-8-6-19(2)21(16-23)12-15-32)17-25(26)24(18-27(31)33)20-10-13-29(3)14-11-20/h6-9,16-18,20,32H,5,10-15H2,1-4H3. The molecule has 34 heavy (non-hydrogen) atoms. The van der Waals surface area contributed by atoms with Gasteiger partial charge in [-0.15, -0.1) is 0 Å². The summed E-state index contributed by atoms with van der Waals surface area (Å²) in [7, 11) is 3.91. The average Bonchev–Trinajstić information content (AvgIpc) is 2.84. The van der Waals surface area contributed by atoms with Gasteiger partial charge in [0, 0.05) is 42.9 Å². The minimum atomic E-state index is -0.0933. The highest BCUT2D eigenvalue weighted by molar-refractivity contribution is 6.07. The zero-order valence-electron chi connectivity index (χ0n) is 20.7. The molecule has 1 aromatic heterocycles. The first kappa shape index (κ1) is 24.2. The lowest BCUT2D eigenvalue weighted by Crippen LogP contribution is -2.30. The third-order valence-corrected chi connectivity index (χ3v) is 7.27. The largest absolute Gasteiger partial charge is 0.396 e. The van der Waals surface area contributed by atoms with Crippen molar-refractivity contribution in [1.82, 2.24) is 9.47 Å². The first-order chi connectivity index (χ1) is 16.3. The summed E-state index contributed by atoms with van der Waals surface area (Å²) in [6.45, 7) is 6.67. The Bertz CT molecular complexity index is 1260. The van der Waals surface area contributed by atoms with Gasteiger partial charge in [0.1, 0.15) is 0 Å². The van der Waals surface area contributed by atoms with Crippen LogP contribution in [0.15, 0.2) is 47.3 Å². The molecular weight excluding hydrogens is 426 g/mol. The molecule has 3 aromatic rings. The number of anilines is 1. The van der Waals surface area contributed by atoms with Crippen molar-refractivity contribution in [3.05, 3.63) is 75.1 Å². The fraction of sp³-hybridized carbons (Fsp3) is 0.429. The number of pyridine rings is 1. The third kappa shape index (κ3) is 4.65. The molecular formula is C28H35N3O3. The lowest BCUT2D eigenvalue weighted by atomic mass is 9.87. The number of carbonyl (C=O) groups is 1. The van der Waals surface area contributed by atoms with Gasteiger partial charge in [0.05, 0.1) is 5.52 Å². The second-order valence-electron chi connectivity index (χ2n) is 9.44. The number of rotatable bonds is 6. The van der Waals surface area contributed by atoms with E-state index in [4.69, 9.17) is 0 Å². The predicted molar refractivity (Wildman–Crippen MR) is 138 cm³/mol. The van der Waals surface area contributed by atoms with Crippen LogP contribution in [0.25, 0.3) is 10.9 Å². The third-order valence-electron chi connectivity index (χ3n) is 7.27. The van der Waals surface area contributed by atoms with Crippen LogP contribution in [-0.2, 0) is 13.0 Å². The number of piperidine rings is 1. The minimum Gasteiger partial charge on any atom is -0.396 e. The second kappa shape index (κ2) is 10.1. The molecule has 0 saturated carbocycles. The van der Waals surface area contributed by atoms with Gasteiger partial charge in [-0.3, -0.25) is 9.59 Å². The van der Waals surface area contributed by atoms with Crippen molar-refractivity contribution < 1.29 is 9.90 Å². The Morgan fingerprint density at radius 2 is 1.85 bits per heavy atom. The molecule has 1 fully saturated rings. The maximum absolute atomic E-state index is 13.5. The van der Waals surface area contributed by atoms with Crippen LogP contribution in [0.3, 0.4) is 0 Å². The maximum atomic E-state index is 13.5. The van der Waals surface area contributed by atoms with Crippen molar-refractivity contribution >= 4 is 22.5 Å². The van der Waals surface area contributed by atoms with E-state index in [1.165, 1.54) is 0 Å². The van der Waals surface area contributed by atoms with Gasteiger partial charge < -0.3 is 19.5 Å². The number of aliphatic hydroxyl groups excluding tert-OH is 1. The predicted octanol–water partition coefficient (Wildman–Crippen LogP) is 3.95. The highest BCUT2D eigenvalue weighted by atomic mass is 16.3. The number of carbonyl (C=O) groups excluding carboxylic acids is 1. The lowest BCUT2D eigenvalue weighted by Gasteiger charge is -2.30. The molecule has 6 nitrogen and oxygen atoms in total. The SMILES string of the molecule is CCn1c(=O)cc(C2CCN(C)CC2)c2cc(C(=O)N(C)c3ccc(C)c(CCO)c3)ccc21. The summed E-state index contributed by atoms with van der Waals surface area (Å²) >= 11 is 0. The summed E-state index contributed by atoms with van der Waals surface area (Å²) in [5.74, 6) is 0.225. The van der Waals surface area contributed by atoms with Gasteiger partial charge >= 0.3 is 0 Å². The number of fused-ring (bicyclic) bond motifs is 1. The fourth-order valence-corrected chi connectivity index (χ4v) is 5.09. The molecule has 4 rings (SSSR count). The smallest absolute Gasteiger partial charge is 0.258 e. The molecule has 2 heterocycles. The van der Waals surface area contributed by atoms with Gasteiger partial charge in [-0.05, 0) is 106 Å². The van der Waals surface area contributed by atoms with E-state index in [9.17, 15) is 14.7 Å². The molecule has 1 aliphatic rings. The van der Waals surface area contributed by atoms with E-state index in [2.05, 4.69) is 11.9 Å². The first-order valence-electron chi connectivity index (χ1n) is 12.2. The monoisotopic (exact) mass is 461 g/mol. The molecule has 1 N–H and O–H groups in total. The molecule has 0 aliphatic carbocycles. The first-order valence-corrected chi connectivity index (χ1v) is 12.2. The van der Waals surface area contributed by atoms with E-state index in [1.54, 1.807) is 22.6 Å². The van der Waals surface area contributed by atoms with Gasteiger partial charge in [-0.25, -0.2) is 0 Å². The van der Waals surface area contributed by atoms with Gasteiger partial charge in [0.25, 0.3) is 11.5 Å². The normalized spacial score (nSPS) is 15.1. The summed E-state index contributed by atoms with van der Waals surface area (Å²) in [6, 6.07) is 13.4. The van der Waals surface area contributed by atoms with E-state index in [1.807, 2.05) is 50.2 Å². The molecule has 1 aliphatic heterocycles. The summed E-state index contributed by atoms with van der Waals surface area (Å²) in [5, 5.41) is 10.4. The minimum absolute atomic E-state index is 0.0243. The van der Waals surface area contributed by atoms with Crippen molar-refractivity contribution in [2.45, 2.75) is 45.6 Å². The number of aryl methyl sites for hydroxylation is 2. The number of aromatic nitrogens is 1. The Balaban J connectivity index is 1.75. The Hall–Kier alpha value is -2.96. The number of benzene rings is 2. The molecule has 1 saturated heterocycles. The van der Waals surface area contributed by atoms with Gasteiger partial charge in [-0.2, -0.15) is 0 Å². The highest BCUT2D eigenvalue weighted by Crippen LogP contribution is 2.33. The second-order valence-corrected chi connectivity index (χ2v) is 9.44. The maximum Gasteiger partial charge on any atom is 0.258 e. The van der Waals surface area contributed by atoms with Crippen LogP contribution in [-0.4, -0.2) is 54.3 Å². The van der Waals surface area contributed by atoms with E-state index in [0.717, 1.165) is 59.2 Å². The van der Waals surface area contributed by atoms with E-state index in [0.29, 0.717) is 24.4 Å². The van der Waals surface area contributed by atoms with Crippen LogP contribution in [0.5, 0.6) is 0 Å². The number of nitrogens with zero attached hydrogens (tertiary/aromatic N) is 3. The lowest BCUT2D eigenvalue weighted by molar-refractivity contribution is 0.0993. The Morgan fingerprint density at radius 1 is 1.12 bits per heavy atom. The topological polar surface area (TPSA) is 65.8 Å². The van der Waals surface area contributed by atoms with Gasteiger partial charge in [0.15, 0.2) is 0 Å². The van der Waals surface area contributed by atoms with Crippen molar-refractivity contribution in [3.63, 3.8) is 0 Å². The quantitative estimate of drug-likeness (QED) is 0.604. The van der Waals surface area contributed by atoms with E-state index >= 15 is 0 Å². The van der Waals surface area contributed by atoms with Crippen LogP contribution in [0, 0.1) is 6.92 Å². The van der Waals surface area contributed by atoms with E-state index in [-0.39, 0.29) is 18.1 Å². The van der Waals surface area contributed by atoms with Gasteiger partial charge in [0.2, 0.25) is 0 Å². The number of amides is 1. The summed E-state index contributed by atoms with van der Waals surface area (Å²) in [6.07, 6.45) is 2.58. The Labute approximate surface area is 201 Å². The zero-order chi connectivity index (χ0) is 24.4. The van der Waals surface area contributed by atoms with Crippen LogP contribution in [0.1, 0.15) is 52.7 Å². The molecule has 2 aromatic carbocycles. The summed E-state index contributed by atoms with van der Waals surface area (Å²) < 4.78 is 1.78. The van der Waals surface area contributed by atoms with Crippen LogP contribution in [0.2, 0.25) is 0 Å². The van der Waals surface area contributed by atoms with Crippen LogP contribution < -0.4 is 10.5 Å². The van der Waals surface area contributed by atoms with Crippen molar-refractivity contribution in [2.24, 2.45) is 0 Å². The van der Waals surface area contributed by atoms with E-state index < -0.39 is 0 Å². The summed E-state index contributed by atoms with van der Waals surface area (Å²) in [4.78, 5) is 30.4. The van der Waals surface area contributed by atoms with Gasteiger partial charge in [-0.1, -0.05) is 6.07 Å². The van der Waals surface area contributed by atoms with Crippen molar-refractivity contribution in [2.75, 3.05) is 38.7 Å². The zero-order valence-corrected chi connectivity index (χ0v) is 20.7. The fourth-order valence-electron chi connectivity index (χ4n) is 5.09. The Kier molecular flexibility index (Phi) is 7.19. The molecule has 0 radical (unpaired) electrons.